The molecule has 0 fully saturated rings. The molecule has 2 N–H and O–H groups in total. The average molecular weight is 361 g/mol. The van der Waals surface area contributed by atoms with E-state index in [1.54, 1.807) is 13.0 Å². The maximum Gasteiger partial charge on any atom is 0.338 e. The van der Waals surface area contributed by atoms with Crippen LogP contribution in [0.1, 0.15) is 45.2 Å². The van der Waals surface area contributed by atoms with E-state index in [0.717, 1.165) is 12.8 Å². The van der Waals surface area contributed by atoms with Crippen LogP contribution in [0.2, 0.25) is 0 Å². The highest BCUT2D eigenvalue weighted by Crippen LogP contribution is 2.29. The number of hydrogen-bond donors (Lipinski definition) is 2. The van der Waals surface area contributed by atoms with E-state index in [-0.39, 0.29) is 23.8 Å². The van der Waals surface area contributed by atoms with Gasteiger partial charge in [0.15, 0.2) is 0 Å². The molecule has 0 saturated carbocycles. The van der Waals surface area contributed by atoms with E-state index in [4.69, 9.17) is 4.74 Å². The standard InChI is InChI=1S/C18H23N3O5/c1-4-12(5-2)10-26-17(22)15-11(3)19-18(23)20-16(15)13-7-6-8-14(9-13)21(24)25/h6-9,12,16H,4-5,10H2,1-3H3,(H2,19,20,23)/t16-/m1/s1. The lowest BCUT2D eigenvalue weighted by Crippen LogP contribution is -2.45. The molecule has 0 aliphatic carbocycles. The number of esters is 1. The number of benzene rings is 1. The van der Waals surface area contributed by atoms with Crippen molar-refractivity contribution in [3.05, 3.63) is 51.2 Å². The van der Waals surface area contributed by atoms with Gasteiger partial charge in [0.05, 0.1) is 23.1 Å². The summed E-state index contributed by atoms with van der Waals surface area (Å²) in [5.74, 6) is -0.277. The van der Waals surface area contributed by atoms with E-state index in [2.05, 4.69) is 10.6 Å². The average Bonchev–Trinajstić information content (AvgIpc) is 2.61. The summed E-state index contributed by atoms with van der Waals surface area (Å²) < 4.78 is 5.44. The summed E-state index contributed by atoms with van der Waals surface area (Å²) in [7, 11) is 0. The summed E-state index contributed by atoms with van der Waals surface area (Å²) in [5.41, 5.74) is 0.955. The maximum atomic E-state index is 12.6. The third-order valence-electron chi connectivity index (χ3n) is 4.51. The van der Waals surface area contributed by atoms with Crippen molar-refractivity contribution in [1.29, 1.82) is 0 Å². The van der Waals surface area contributed by atoms with Crippen LogP contribution in [0, 0.1) is 16.0 Å². The van der Waals surface area contributed by atoms with Crippen LogP contribution >= 0.6 is 0 Å². The van der Waals surface area contributed by atoms with Crippen LogP contribution in [0.25, 0.3) is 0 Å². The molecule has 1 aliphatic rings. The van der Waals surface area contributed by atoms with E-state index >= 15 is 0 Å². The molecule has 1 aromatic rings. The van der Waals surface area contributed by atoms with E-state index < -0.39 is 23.0 Å². The molecule has 2 amide bonds. The third-order valence-corrected chi connectivity index (χ3v) is 4.51. The van der Waals surface area contributed by atoms with Crippen LogP contribution in [-0.2, 0) is 9.53 Å². The number of nitro groups is 1. The van der Waals surface area contributed by atoms with Gasteiger partial charge in [-0.05, 0) is 18.4 Å². The Labute approximate surface area is 151 Å². The monoisotopic (exact) mass is 361 g/mol. The first kappa shape index (κ1) is 19.4. The number of carbonyl (C=O) groups is 2. The number of hydrogen-bond acceptors (Lipinski definition) is 5. The number of carbonyl (C=O) groups excluding carboxylic acids is 2. The van der Waals surface area contributed by atoms with Crippen molar-refractivity contribution in [2.24, 2.45) is 5.92 Å². The quantitative estimate of drug-likeness (QED) is 0.440. The smallest absolute Gasteiger partial charge is 0.338 e. The Morgan fingerprint density at radius 3 is 2.65 bits per heavy atom. The second-order valence-electron chi connectivity index (χ2n) is 6.20. The lowest BCUT2D eigenvalue weighted by molar-refractivity contribution is -0.384. The summed E-state index contributed by atoms with van der Waals surface area (Å²) in [4.78, 5) is 35.0. The fraction of sp³-hybridized carbons (Fsp3) is 0.444. The minimum Gasteiger partial charge on any atom is -0.462 e. The fourth-order valence-electron chi connectivity index (χ4n) is 2.83. The minimum absolute atomic E-state index is 0.113. The van der Waals surface area contributed by atoms with Gasteiger partial charge in [0, 0.05) is 17.8 Å². The number of amides is 2. The highest BCUT2D eigenvalue weighted by Gasteiger charge is 2.33. The second-order valence-corrected chi connectivity index (χ2v) is 6.20. The van der Waals surface area contributed by atoms with Crippen molar-refractivity contribution in [3.63, 3.8) is 0 Å². The van der Waals surface area contributed by atoms with Crippen LogP contribution in [0.5, 0.6) is 0 Å². The van der Waals surface area contributed by atoms with Crippen molar-refractivity contribution in [2.45, 2.75) is 39.7 Å². The van der Waals surface area contributed by atoms with Crippen LogP contribution in [0.3, 0.4) is 0 Å². The largest absolute Gasteiger partial charge is 0.462 e. The summed E-state index contributed by atoms with van der Waals surface area (Å²) in [6.07, 6.45) is 1.79. The minimum atomic E-state index is -0.808. The number of urea groups is 1. The topological polar surface area (TPSA) is 111 Å². The summed E-state index contributed by atoms with van der Waals surface area (Å²) in [5, 5.41) is 16.2. The molecule has 0 unspecified atom stereocenters. The Morgan fingerprint density at radius 1 is 1.35 bits per heavy atom. The predicted octanol–water partition coefficient (Wildman–Crippen LogP) is 3.20. The van der Waals surface area contributed by atoms with Gasteiger partial charge >= 0.3 is 12.0 Å². The molecule has 8 nitrogen and oxygen atoms in total. The van der Waals surface area contributed by atoms with Crippen LogP contribution in [-0.4, -0.2) is 23.5 Å². The third kappa shape index (κ3) is 4.38. The summed E-state index contributed by atoms with van der Waals surface area (Å²) >= 11 is 0. The van der Waals surface area contributed by atoms with E-state index in [9.17, 15) is 19.7 Å². The van der Waals surface area contributed by atoms with E-state index in [1.165, 1.54) is 18.2 Å². The molecule has 0 bridgehead atoms. The molecule has 0 radical (unpaired) electrons. The van der Waals surface area contributed by atoms with Crippen LogP contribution in [0.15, 0.2) is 35.5 Å². The first-order valence-corrected chi connectivity index (χ1v) is 8.57. The zero-order valence-electron chi connectivity index (χ0n) is 15.1. The molecule has 0 saturated heterocycles. The first-order chi connectivity index (χ1) is 12.4. The second kappa shape index (κ2) is 8.46. The molecule has 1 aliphatic heterocycles. The van der Waals surface area contributed by atoms with Gasteiger partial charge in [0.25, 0.3) is 5.69 Å². The van der Waals surface area contributed by atoms with Crippen molar-refractivity contribution in [3.8, 4) is 0 Å². The van der Waals surface area contributed by atoms with Gasteiger partial charge in [0.1, 0.15) is 0 Å². The van der Waals surface area contributed by atoms with Gasteiger partial charge in [-0.1, -0.05) is 38.8 Å². The van der Waals surface area contributed by atoms with Crippen molar-refractivity contribution >= 4 is 17.7 Å². The fourth-order valence-corrected chi connectivity index (χ4v) is 2.83. The molecular formula is C18H23N3O5. The van der Waals surface area contributed by atoms with Gasteiger partial charge in [-0.15, -0.1) is 0 Å². The number of allylic oxidation sites excluding steroid dienone is 1. The number of ether oxygens (including phenoxy) is 1. The lowest BCUT2D eigenvalue weighted by Gasteiger charge is -2.28. The zero-order valence-corrected chi connectivity index (χ0v) is 15.1. The normalized spacial score (nSPS) is 16.9. The molecule has 26 heavy (non-hydrogen) atoms. The Morgan fingerprint density at radius 2 is 2.04 bits per heavy atom. The Balaban J connectivity index is 2.32. The Kier molecular flexibility index (Phi) is 6.32. The van der Waals surface area contributed by atoms with Gasteiger partial charge < -0.3 is 15.4 Å². The molecule has 1 atom stereocenters. The molecule has 2 rings (SSSR count). The molecule has 1 heterocycles. The van der Waals surface area contributed by atoms with Crippen LogP contribution in [0.4, 0.5) is 10.5 Å². The van der Waals surface area contributed by atoms with Gasteiger partial charge in [-0.2, -0.15) is 0 Å². The molecule has 1 aromatic carbocycles. The van der Waals surface area contributed by atoms with Crippen LogP contribution < -0.4 is 10.6 Å². The van der Waals surface area contributed by atoms with E-state index in [1.807, 2.05) is 13.8 Å². The van der Waals surface area contributed by atoms with Gasteiger partial charge in [0.2, 0.25) is 0 Å². The van der Waals surface area contributed by atoms with Crippen molar-refractivity contribution in [1.82, 2.24) is 10.6 Å². The number of non-ortho nitro benzene ring substituents is 1. The predicted molar refractivity (Wildman–Crippen MR) is 95.2 cm³/mol. The highest BCUT2D eigenvalue weighted by molar-refractivity contribution is 5.95. The number of nitro benzene ring substituents is 1. The Hall–Kier alpha value is -2.90. The maximum absolute atomic E-state index is 12.6. The lowest BCUT2D eigenvalue weighted by atomic mass is 9.95. The molecule has 0 aromatic heterocycles. The molecular weight excluding hydrogens is 338 g/mol. The Bertz CT molecular complexity index is 740. The van der Waals surface area contributed by atoms with Crippen molar-refractivity contribution < 1.29 is 19.2 Å². The van der Waals surface area contributed by atoms with Gasteiger partial charge in [-0.25, -0.2) is 9.59 Å². The SMILES string of the molecule is CCC(CC)COC(=O)C1=C(C)NC(=O)N[C@@H]1c1cccc([N+](=O)[O-])c1. The number of rotatable bonds is 7. The van der Waals surface area contributed by atoms with Gasteiger partial charge in [-0.3, -0.25) is 10.1 Å². The summed E-state index contributed by atoms with van der Waals surface area (Å²) in [6, 6.07) is 4.56. The first-order valence-electron chi connectivity index (χ1n) is 8.57. The number of nitrogens with one attached hydrogen (secondary N) is 2. The highest BCUT2D eigenvalue weighted by atomic mass is 16.6. The zero-order chi connectivity index (χ0) is 19.3. The molecule has 8 heteroatoms. The van der Waals surface area contributed by atoms with E-state index in [0.29, 0.717) is 11.3 Å². The number of nitrogens with zero attached hydrogens (tertiary/aromatic N) is 1. The molecule has 140 valence electrons. The summed E-state index contributed by atoms with van der Waals surface area (Å²) in [6.45, 7) is 5.96. The van der Waals surface area contributed by atoms with Crippen molar-refractivity contribution in [2.75, 3.05) is 6.61 Å². The molecule has 0 spiro atoms.